The van der Waals surface area contributed by atoms with E-state index in [2.05, 4.69) is 9.97 Å². The molecule has 1 saturated heterocycles. The molecular formula is C13H23N5O2S. The standard InChI is InChI=1S/C13H23N5O2S/c1-16(2)10-11-7-8-14-13(15-11)12-6-5-9-18(12)21(19,20)17(3)4/h7-8,12H,5-6,9-10H2,1-4H3/t12-/m0/s1. The van der Waals surface area contributed by atoms with Crippen molar-refractivity contribution in [2.24, 2.45) is 0 Å². The minimum Gasteiger partial charge on any atom is -0.304 e. The van der Waals surface area contributed by atoms with Crippen LogP contribution in [0, 0.1) is 0 Å². The van der Waals surface area contributed by atoms with Crippen molar-refractivity contribution in [1.82, 2.24) is 23.5 Å². The predicted molar refractivity (Wildman–Crippen MR) is 80.7 cm³/mol. The average Bonchev–Trinajstić information content (AvgIpc) is 2.87. The summed E-state index contributed by atoms with van der Waals surface area (Å²) in [7, 11) is 3.61. The quantitative estimate of drug-likeness (QED) is 0.791. The van der Waals surface area contributed by atoms with E-state index in [0.29, 0.717) is 18.9 Å². The number of nitrogens with zero attached hydrogens (tertiary/aromatic N) is 5. The molecule has 21 heavy (non-hydrogen) atoms. The van der Waals surface area contributed by atoms with E-state index in [1.165, 1.54) is 8.61 Å². The van der Waals surface area contributed by atoms with Crippen molar-refractivity contribution >= 4 is 10.2 Å². The minimum atomic E-state index is -3.43. The van der Waals surface area contributed by atoms with Crippen molar-refractivity contribution in [1.29, 1.82) is 0 Å². The topological polar surface area (TPSA) is 69.6 Å². The van der Waals surface area contributed by atoms with Crippen LogP contribution in [0.1, 0.15) is 30.4 Å². The predicted octanol–water partition coefficient (Wildman–Crippen LogP) is 0.482. The van der Waals surface area contributed by atoms with Gasteiger partial charge in [-0.25, -0.2) is 9.97 Å². The Morgan fingerprint density at radius 1 is 1.33 bits per heavy atom. The average molecular weight is 313 g/mol. The molecule has 0 saturated carbocycles. The molecule has 1 fully saturated rings. The van der Waals surface area contributed by atoms with Gasteiger partial charge in [0, 0.05) is 33.4 Å². The van der Waals surface area contributed by atoms with Crippen LogP contribution in [-0.4, -0.2) is 66.6 Å². The zero-order valence-corrected chi connectivity index (χ0v) is 13.8. The van der Waals surface area contributed by atoms with Crippen LogP contribution in [0.3, 0.4) is 0 Å². The van der Waals surface area contributed by atoms with E-state index in [-0.39, 0.29) is 6.04 Å². The molecule has 0 radical (unpaired) electrons. The van der Waals surface area contributed by atoms with E-state index >= 15 is 0 Å². The van der Waals surface area contributed by atoms with Crippen LogP contribution >= 0.6 is 0 Å². The highest BCUT2D eigenvalue weighted by Crippen LogP contribution is 2.32. The third-order valence-corrected chi connectivity index (χ3v) is 5.42. The first-order chi connectivity index (χ1) is 9.82. The first kappa shape index (κ1) is 16.3. The molecule has 0 spiro atoms. The fourth-order valence-corrected chi connectivity index (χ4v) is 3.77. The van der Waals surface area contributed by atoms with E-state index in [0.717, 1.165) is 18.5 Å². The first-order valence-electron chi connectivity index (χ1n) is 6.98. The molecule has 0 unspecified atom stereocenters. The van der Waals surface area contributed by atoms with Gasteiger partial charge in [0.15, 0.2) is 0 Å². The molecule has 0 aromatic carbocycles. The molecule has 0 aliphatic carbocycles. The van der Waals surface area contributed by atoms with E-state index in [4.69, 9.17) is 0 Å². The lowest BCUT2D eigenvalue weighted by molar-refractivity contribution is 0.349. The van der Waals surface area contributed by atoms with Gasteiger partial charge in [-0.15, -0.1) is 0 Å². The van der Waals surface area contributed by atoms with Crippen LogP contribution in [0.2, 0.25) is 0 Å². The van der Waals surface area contributed by atoms with Crippen molar-refractivity contribution in [2.45, 2.75) is 25.4 Å². The highest BCUT2D eigenvalue weighted by atomic mass is 32.2. The van der Waals surface area contributed by atoms with Crippen LogP contribution in [0.4, 0.5) is 0 Å². The third kappa shape index (κ3) is 3.57. The van der Waals surface area contributed by atoms with Crippen molar-refractivity contribution < 1.29 is 8.42 Å². The Morgan fingerprint density at radius 2 is 2.05 bits per heavy atom. The second-order valence-electron chi connectivity index (χ2n) is 5.70. The third-order valence-electron chi connectivity index (χ3n) is 3.47. The molecule has 0 bridgehead atoms. The minimum absolute atomic E-state index is 0.264. The molecule has 118 valence electrons. The lowest BCUT2D eigenvalue weighted by Gasteiger charge is -2.26. The van der Waals surface area contributed by atoms with Gasteiger partial charge >= 0.3 is 0 Å². The summed E-state index contributed by atoms with van der Waals surface area (Å²) in [6.45, 7) is 1.23. The van der Waals surface area contributed by atoms with Gasteiger partial charge in [-0.05, 0) is 33.0 Å². The van der Waals surface area contributed by atoms with Crippen LogP contribution < -0.4 is 0 Å². The Balaban J connectivity index is 2.28. The van der Waals surface area contributed by atoms with Crippen molar-refractivity contribution in [3.05, 3.63) is 23.8 Å². The Labute approximate surface area is 126 Å². The fraction of sp³-hybridized carbons (Fsp3) is 0.692. The molecule has 0 amide bonds. The van der Waals surface area contributed by atoms with Gasteiger partial charge in [0.05, 0.1) is 11.7 Å². The molecular weight excluding hydrogens is 290 g/mol. The zero-order valence-electron chi connectivity index (χ0n) is 13.0. The molecule has 1 aliphatic rings. The van der Waals surface area contributed by atoms with Crippen LogP contribution in [0.5, 0.6) is 0 Å². The monoisotopic (exact) mass is 313 g/mol. The van der Waals surface area contributed by atoms with Gasteiger partial charge in [-0.1, -0.05) is 0 Å². The van der Waals surface area contributed by atoms with Crippen LogP contribution in [0.25, 0.3) is 0 Å². The Hall–Kier alpha value is -1.09. The summed E-state index contributed by atoms with van der Waals surface area (Å²) in [5, 5.41) is 0. The Bertz CT molecular complexity index is 588. The van der Waals surface area contributed by atoms with Crippen LogP contribution in [0.15, 0.2) is 12.3 Å². The first-order valence-corrected chi connectivity index (χ1v) is 8.38. The second kappa shape index (κ2) is 6.35. The van der Waals surface area contributed by atoms with Gasteiger partial charge < -0.3 is 4.90 Å². The normalized spacial score (nSPS) is 20.6. The maximum atomic E-state index is 12.4. The smallest absolute Gasteiger partial charge is 0.282 e. The van der Waals surface area contributed by atoms with Gasteiger partial charge in [0.25, 0.3) is 10.2 Å². The molecule has 2 rings (SSSR count). The molecule has 8 heteroatoms. The van der Waals surface area contributed by atoms with Gasteiger partial charge in [0.1, 0.15) is 5.82 Å². The lowest BCUT2D eigenvalue weighted by Crippen LogP contribution is -2.40. The summed E-state index contributed by atoms with van der Waals surface area (Å²) in [4.78, 5) is 10.9. The lowest BCUT2D eigenvalue weighted by atomic mass is 10.2. The van der Waals surface area contributed by atoms with E-state index in [9.17, 15) is 8.42 Å². The summed E-state index contributed by atoms with van der Waals surface area (Å²) in [5.41, 5.74) is 0.902. The van der Waals surface area contributed by atoms with Gasteiger partial charge in [0.2, 0.25) is 0 Å². The van der Waals surface area contributed by atoms with Crippen molar-refractivity contribution in [3.63, 3.8) is 0 Å². The summed E-state index contributed by atoms with van der Waals surface area (Å²) < 4.78 is 27.5. The maximum absolute atomic E-state index is 12.4. The number of hydrogen-bond donors (Lipinski definition) is 0. The summed E-state index contributed by atoms with van der Waals surface area (Å²) in [6, 6.07) is 1.60. The van der Waals surface area contributed by atoms with Gasteiger partial charge in [-0.2, -0.15) is 17.0 Å². The highest BCUT2D eigenvalue weighted by Gasteiger charge is 2.38. The summed E-state index contributed by atoms with van der Waals surface area (Å²) in [6.07, 6.45) is 3.30. The molecule has 1 aromatic heterocycles. The second-order valence-corrected chi connectivity index (χ2v) is 7.80. The van der Waals surface area contributed by atoms with E-state index < -0.39 is 10.2 Å². The zero-order chi connectivity index (χ0) is 15.6. The molecule has 7 nitrogen and oxygen atoms in total. The SMILES string of the molecule is CN(C)Cc1ccnc([C@@H]2CCCN2S(=O)(=O)N(C)C)n1. The molecule has 1 atom stereocenters. The molecule has 1 aromatic rings. The fourth-order valence-electron chi connectivity index (χ4n) is 2.47. The molecule has 2 heterocycles. The van der Waals surface area contributed by atoms with Gasteiger partial charge in [-0.3, -0.25) is 0 Å². The number of hydrogen-bond acceptors (Lipinski definition) is 5. The van der Waals surface area contributed by atoms with Crippen molar-refractivity contribution in [2.75, 3.05) is 34.7 Å². The summed E-state index contributed by atoms with van der Waals surface area (Å²) in [5.74, 6) is 0.595. The summed E-state index contributed by atoms with van der Waals surface area (Å²) >= 11 is 0. The Kier molecular flexibility index (Phi) is 4.92. The molecule has 1 aliphatic heterocycles. The number of aromatic nitrogens is 2. The van der Waals surface area contributed by atoms with Crippen LogP contribution in [-0.2, 0) is 16.8 Å². The maximum Gasteiger partial charge on any atom is 0.282 e. The highest BCUT2D eigenvalue weighted by molar-refractivity contribution is 7.86. The van der Waals surface area contributed by atoms with E-state index in [1.807, 2.05) is 25.1 Å². The van der Waals surface area contributed by atoms with Crippen molar-refractivity contribution in [3.8, 4) is 0 Å². The Morgan fingerprint density at radius 3 is 2.67 bits per heavy atom. The molecule has 0 N–H and O–H groups in total. The number of rotatable bonds is 5. The van der Waals surface area contributed by atoms with E-state index in [1.54, 1.807) is 20.3 Å². The largest absolute Gasteiger partial charge is 0.304 e.